The summed E-state index contributed by atoms with van der Waals surface area (Å²) in [5.74, 6) is 0. The minimum absolute atomic E-state index is 0. The number of hydrogen-bond acceptors (Lipinski definition) is 2. The molecule has 0 amide bonds. The standard InChI is InChI=1S/C22H46N2P2.Ni/c1-17(2)25(18(3)4)15-11-13-23-21(9)22(10)24-14-12-16-26(19(5)6)20(7)8;/h17-20H,11-16H2,1-10H3;/p+2. The van der Waals surface area contributed by atoms with Crippen LogP contribution in [0.5, 0.6) is 0 Å². The van der Waals surface area contributed by atoms with E-state index in [4.69, 9.17) is 9.98 Å². The van der Waals surface area contributed by atoms with Gasteiger partial charge < -0.3 is 0 Å². The Labute approximate surface area is 183 Å². The van der Waals surface area contributed by atoms with E-state index in [0.29, 0.717) is 0 Å². The first kappa shape index (κ1) is 29.9. The maximum atomic E-state index is 4.79. The molecule has 0 radical (unpaired) electrons. The van der Waals surface area contributed by atoms with Gasteiger partial charge in [-0.05, 0) is 69.2 Å². The largest absolute Gasteiger partial charge is 0.288 e. The predicted octanol–water partition coefficient (Wildman–Crippen LogP) is 6.75. The van der Waals surface area contributed by atoms with Crippen LogP contribution in [0.25, 0.3) is 0 Å². The van der Waals surface area contributed by atoms with Crippen LogP contribution < -0.4 is 0 Å². The molecular formula is C22H48N2NiP2+2. The first-order chi connectivity index (χ1) is 12.1. The van der Waals surface area contributed by atoms with E-state index in [1.807, 2.05) is 0 Å². The topological polar surface area (TPSA) is 24.7 Å². The van der Waals surface area contributed by atoms with Gasteiger partial charge in [0, 0.05) is 58.3 Å². The average Bonchev–Trinajstić information content (AvgIpc) is 2.52. The summed E-state index contributed by atoms with van der Waals surface area (Å²) in [4.78, 5) is 9.59. The fourth-order valence-corrected chi connectivity index (χ4v) is 9.89. The smallest absolute Gasteiger partial charge is 0.0621 e. The van der Waals surface area contributed by atoms with Crippen molar-refractivity contribution in [2.24, 2.45) is 9.98 Å². The van der Waals surface area contributed by atoms with Gasteiger partial charge in [-0.2, -0.15) is 0 Å². The Balaban J connectivity index is 0. The summed E-state index contributed by atoms with van der Waals surface area (Å²) >= 11 is 0. The fraction of sp³-hybridized carbons (Fsp3) is 0.909. The van der Waals surface area contributed by atoms with Gasteiger partial charge in [-0.1, -0.05) is 0 Å². The molecule has 0 spiro atoms. The van der Waals surface area contributed by atoms with Crippen LogP contribution in [0, 0.1) is 0 Å². The summed E-state index contributed by atoms with van der Waals surface area (Å²) in [7, 11) is -0.465. The summed E-state index contributed by atoms with van der Waals surface area (Å²) < 4.78 is 0. The second-order valence-electron chi connectivity index (χ2n) is 8.91. The molecule has 0 aromatic heterocycles. The second-order valence-corrected chi connectivity index (χ2v) is 16.8. The van der Waals surface area contributed by atoms with Gasteiger partial charge in [0.05, 0.1) is 46.4 Å². The summed E-state index contributed by atoms with van der Waals surface area (Å²) in [5.41, 5.74) is 5.78. The van der Waals surface area contributed by atoms with Crippen LogP contribution in [0.1, 0.15) is 82.1 Å². The van der Waals surface area contributed by atoms with Gasteiger partial charge in [0.15, 0.2) is 0 Å². The first-order valence-electron chi connectivity index (χ1n) is 10.8. The molecule has 27 heavy (non-hydrogen) atoms. The molecule has 0 saturated carbocycles. The third-order valence-electron chi connectivity index (χ3n) is 5.44. The van der Waals surface area contributed by atoms with Gasteiger partial charge in [-0.15, -0.1) is 0 Å². The molecule has 0 aromatic rings. The minimum atomic E-state index is -0.232. The Morgan fingerprint density at radius 1 is 0.593 bits per heavy atom. The van der Waals surface area contributed by atoms with Crippen molar-refractivity contribution in [1.82, 2.24) is 0 Å². The summed E-state index contributed by atoms with van der Waals surface area (Å²) in [6, 6.07) is 0. The van der Waals surface area contributed by atoms with Crippen LogP contribution >= 0.6 is 15.8 Å². The Kier molecular flexibility index (Phi) is 18.3. The van der Waals surface area contributed by atoms with Crippen LogP contribution in [0.3, 0.4) is 0 Å². The fourth-order valence-electron chi connectivity index (χ4n) is 3.78. The SMILES string of the molecule is CC(=NCCC[PH+](C(C)C)C(C)C)C(C)=NCCC[PH+](C(C)C)C(C)C.[Ni]. The van der Waals surface area contributed by atoms with Crippen molar-refractivity contribution < 1.29 is 16.5 Å². The van der Waals surface area contributed by atoms with Gasteiger partial charge in [-0.3, -0.25) is 9.98 Å². The minimum Gasteiger partial charge on any atom is -0.288 e. The summed E-state index contributed by atoms with van der Waals surface area (Å²) in [6.45, 7) is 25.4. The van der Waals surface area contributed by atoms with Gasteiger partial charge in [0.1, 0.15) is 0 Å². The molecule has 0 aliphatic rings. The van der Waals surface area contributed by atoms with Crippen molar-refractivity contribution in [3.63, 3.8) is 0 Å². The van der Waals surface area contributed by atoms with Crippen molar-refractivity contribution in [2.75, 3.05) is 25.4 Å². The predicted molar refractivity (Wildman–Crippen MR) is 132 cm³/mol. The van der Waals surface area contributed by atoms with Crippen LogP contribution in [-0.2, 0) is 16.5 Å². The second kappa shape index (κ2) is 16.5. The Bertz CT molecular complexity index is 376. The van der Waals surface area contributed by atoms with E-state index in [1.165, 1.54) is 25.2 Å². The molecule has 0 rings (SSSR count). The third kappa shape index (κ3) is 13.5. The molecule has 0 atom stereocenters. The van der Waals surface area contributed by atoms with Gasteiger partial charge in [-0.25, -0.2) is 0 Å². The van der Waals surface area contributed by atoms with Gasteiger partial charge >= 0.3 is 0 Å². The zero-order chi connectivity index (χ0) is 20.3. The quantitative estimate of drug-likeness (QED) is 0.126. The molecule has 0 heterocycles. The number of rotatable bonds is 13. The normalized spacial score (nSPS) is 13.6. The summed E-state index contributed by atoms with van der Waals surface area (Å²) in [5, 5.41) is 0. The van der Waals surface area contributed by atoms with Crippen LogP contribution in [-0.4, -0.2) is 59.5 Å². The van der Waals surface area contributed by atoms with E-state index in [-0.39, 0.29) is 32.3 Å². The van der Waals surface area contributed by atoms with Crippen LogP contribution in [0.2, 0.25) is 0 Å². The maximum absolute atomic E-state index is 4.79. The molecule has 0 fully saturated rings. The maximum Gasteiger partial charge on any atom is 0.0621 e. The van der Waals surface area contributed by atoms with E-state index in [0.717, 1.165) is 47.1 Å². The van der Waals surface area contributed by atoms with Gasteiger partial charge in [0.2, 0.25) is 0 Å². The molecule has 0 unspecified atom stereocenters. The number of aliphatic imine (C=N–C) groups is 2. The third-order valence-corrected chi connectivity index (χ3v) is 13.2. The Morgan fingerprint density at radius 3 is 1.07 bits per heavy atom. The van der Waals surface area contributed by atoms with E-state index in [9.17, 15) is 0 Å². The van der Waals surface area contributed by atoms with Crippen LogP contribution in [0.15, 0.2) is 9.98 Å². The van der Waals surface area contributed by atoms with E-state index >= 15 is 0 Å². The van der Waals surface area contributed by atoms with Crippen molar-refractivity contribution in [3.05, 3.63) is 0 Å². The molecule has 0 N–H and O–H groups in total. The molecule has 0 aromatic carbocycles. The van der Waals surface area contributed by atoms with Gasteiger partial charge in [0.25, 0.3) is 0 Å². The van der Waals surface area contributed by atoms with Crippen molar-refractivity contribution in [3.8, 4) is 0 Å². The molecule has 0 saturated heterocycles. The van der Waals surface area contributed by atoms with E-state index in [2.05, 4.69) is 69.2 Å². The molecule has 5 heteroatoms. The molecule has 164 valence electrons. The Hall–Kier alpha value is 0.694. The van der Waals surface area contributed by atoms with Crippen molar-refractivity contribution >= 4 is 27.3 Å². The zero-order valence-electron chi connectivity index (χ0n) is 19.8. The first-order valence-corrected chi connectivity index (χ1v) is 14.5. The van der Waals surface area contributed by atoms with Crippen molar-refractivity contribution in [2.45, 2.75) is 105 Å². The summed E-state index contributed by atoms with van der Waals surface area (Å²) in [6.07, 6.45) is 5.26. The molecule has 0 aliphatic carbocycles. The molecule has 2 nitrogen and oxygen atoms in total. The monoisotopic (exact) mass is 460 g/mol. The van der Waals surface area contributed by atoms with Crippen LogP contribution in [0.4, 0.5) is 0 Å². The number of hydrogen-bond donors (Lipinski definition) is 0. The Morgan fingerprint density at radius 2 is 0.852 bits per heavy atom. The molecule has 0 bridgehead atoms. The molecule has 0 aliphatic heterocycles. The zero-order valence-corrected chi connectivity index (χ0v) is 22.8. The van der Waals surface area contributed by atoms with E-state index < -0.39 is 0 Å². The molecular weight excluding hydrogens is 413 g/mol. The van der Waals surface area contributed by atoms with Crippen molar-refractivity contribution in [1.29, 1.82) is 0 Å². The average molecular weight is 461 g/mol. The van der Waals surface area contributed by atoms with E-state index in [1.54, 1.807) is 0 Å². The number of nitrogens with zero attached hydrogens (tertiary/aromatic N) is 2.